The maximum absolute atomic E-state index is 13.2. The molecular formula is C18H13F2NO. The summed E-state index contributed by atoms with van der Waals surface area (Å²) in [5.41, 5.74) is -0.283. The van der Waals surface area contributed by atoms with Crippen LogP contribution in [0.2, 0.25) is 0 Å². The van der Waals surface area contributed by atoms with Gasteiger partial charge in [0.15, 0.2) is 5.60 Å². The van der Waals surface area contributed by atoms with Gasteiger partial charge in [0.25, 0.3) is 0 Å². The van der Waals surface area contributed by atoms with Crippen LogP contribution in [-0.4, -0.2) is 10.1 Å². The Morgan fingerprint density at radius 1 is 0.727 bits per heavy atom. The molecule has 3 rings (SSSR count). The molecule has 0 unspecified atom stereocenters. The lowest BCUT2D eigenvalue weighted by Crippen LogP contribution is -2.30. The van der Waals surface area contributed by atoms with Gasteiger partial charge in [-0.3, -0.25) is 4.98 Å². The smallest absolute Gasteiger partial charge is 0.157 e. The van der Waals surface area contributed by atoms with E-state index in [0.717, 1.165) is 0 Å². The molecule has 22 heavy (non-hydrogen) atoms. The molecule has 0 amide bonds. The summed E-state index contributed by atoms with van der Waals surface area (Å²) >= 11 is 0. The standard InChI is InChI=1S/C18H13F2NO/c19-15-8-4-13(5-9-15)18(22,17-3-1-2-12-21-17)14-6-10-16(20)11-7-14/h1-12,22H. The minimum atomic E-state index is -1.58. The van der Waals surface area contributed by atoms with Gasteiger partial charge in [0.2, 0.25) is 0 Å². The van der Waals surface area contributed by atoms with E-state index in [0.29, 0.717) is 16.8 Å². The summed E-state index contributed by atoms with van der Waals surface area (Å²) in [5, 5.41) is 11.3. The van der Waals surface area contributed by atoms with E-state index in [1.807, 2.05) is 0 Å². The van der Waals surface area contributed by atoms with E-state index in [-0.39, 0.29) is 0 Å². The predicted octanol–water partition coefficient (Wildman–Crippen LogP) is 3.64. The normalized spacial score (nSPS) is 11.4. The number of nitrogens with zero attached hydrogens (tertiary/aromatic N) is 1. The van der Waals surface area contributed by atoms with Crippen molar-refractivity contribution in [1.29, 1.82) is 0 Å². The second kappa shape index (κ2) is 5.66. The number of hydrogen-bond acceptors (Lipinski definition) is 2. The van der Waals surface area contributed by atoms with Crippen molar-refractivity contribution in [1.82, 2.24) is 4.98 Å². The summed E-state index contributed by atoms with van der Waals surface area (Å²) in [6.45, 7) is 0. The Hall–Kier alpha value is -2.59. The van der Waals surface area contributed by atoms with Crippen molar-refractivity contribution in [2.24, 2.45) is 0 Å². The minimum Gasteiger partial charge on any atom is -0.374 e. The molecule has 1 aromatic heterocycles. The number of hydrogen-bond donors (Lipinski definition) is 1. The molecule has 0 aliphatic heterocycles. The maximum Gasteiger partial charge on any atom is 0.157 e. The first-order valence-corrected chi connectivity index (χ1v) is 6.76. The van der Waals surface area contributed by atoms with Crippen molar-refractivity contribution in [2.75, 3.05) is 0 Å². The Kier molecular flexibility index (Phi) is 3.69. The van der Waals surface area contributed by atoms with Gasteiger partial charge < -0.3 is 5.11 Å². The Labute approximate surface area is 126 Å². The van der Waals surface area contributed by atoms with E-state index >= 15 is 0 Å². The van der Waals surface area contributed by atoms with Gasteiger partial charge in [0.05, 0.1) is 5.69 Å². The average Bonchev–Trinajstić information content (AvgIpc) is 2.56. The predicted molar refractivity (Wildman–Crippen MR) is 79.1 cm³/mol. The molecule has 4 heteroatoms. The first-order chi connectivity index (χ1) is 10.6. The zero-order valence-corrected chi connectivity index (χ0v) is 11.6. The van der Waals surface area contributed by atoms with Crippen molar-refractivity contribution in [3.05, 3.63) is 101 Å². The Morgan fingerprint density at radius 2 is 1.23 bits per heavy atom. The number of halogens is 2. The number of rotatable bonds is 3. The van der Waals surface area contributed by atoms with Gasteiger partial charge in [-0.05, 0) is 47.5 Å². The maximum atomic E-state index is 13.2. The summed E-state index contributed by atoms with van der Waals surface area (Å²) < 4.78 is 26.4. The summed E-state index contributed by atoms with van der Waals surface area (Å²) in [5.74, 6) is -0.794. The molecule has 1 N–H and O–H groups in total. The summed E-state index contributed by atoms with van der Waals surface area (Å²) in [6.07, 6.45) is 1.56. The fourth-order valence-corrected chi connectivity index (χ4v) is 2.42. The van der Waals surface area contributed by atoms with E-state index in [9.17, 15) is 13.9 Å². The third-order valence-corrected chi connectivity index (χ3v) is 3.56. The third-order valence-electron chi connectivity index (χ3n) is 3.56. The zero-order valence-electron chi connectivity index (χ0n) is 11.6. The Bertz CT molecular complexity index is 710. The van der Waals surface area contributed by atoms with Crippen LogP contribution in [0, 0.1) is 11.6 Å². The molecule has 0 bridgehead atoms. The average molecular weight is 297 g/mol. The van der Waals surface area contributed by atoms with Crippen LogP contribution in [0.3, 0.4) is 0 Å². The Balaban J connectivity index is 2.22. The van der Waals surface area contributed by atoms with Crippen molar-refractivity contribution >= 4 is 0 Å². The van der Waals surface area contributed by atoms with E-state index in [1.165, 1.54) is 48.5 Å². The lowest BCUT2D eigenvalue weighted by atomic mass is 9.83. The molecule has 0 aliphatic rings. The van der Waals surface area contributed by atoms with Crippen molar-refractivity contribution < 1.29 is 13.9 Å². The largest absolute Gasteiger partial charge is 0.374 e. The highest BCUT2D eigenvalue weighted by Gasteiger charge is 2.35. The van der Waals surface area contributed by atoms with Crippen LogP contribution < -0.4 is 0 Å². The number of benzene rings is 2. The molecule has 110 valence electrons. The number of pyridine rings is 1. The van der Waals surface area contributed by atoms with Gasteiger partial charge in [-0.25, -0.2) is 8.78 Å². The summed E-state index contributed by atoms with van der Waals surface area (Å²) in [6, 6.07) is 16.2. The molecule has 0 saturated heterocycles. The molecule has 0 aliphatic carbocycles. The highest BCUT2D eigenvalue weighted by molar-refractivity contribution is 5.44. The molecule has 3 aromatic rings. The monoisotopic (exact) mass is 297 g/mol. The van der Waals surface area contributed by atoms with E-state index in [1.54, 1.807) is 24.4 Å². The van der Waals surface area contributed by atoms with E-state index in [2.05, 4.69) is 4.98 Å². The lowest BCUT2D eigenvalue weighted by Gasteiger charge is -2.29. The van der Waals surface area contributed by atoms with E-state index in [4.69, 9.17) is 0 Å². The van der Waals surface area contributed by atoms with Crippen LogP contribution in [0.4, 0.5) is 8.78 Å². The van der Waals surface area contributed by atoms with Gasteiger partial charge >= 0.3 is 0 Å². The van der Waals surface area contributed by atoms with Crippen LogP contribution in [0.25, 0.3) is 0 Å². The van der Waals surface area contributed by atoms with Crippen LogP contribution >= 0.6 is 0 Å². The van der Waals surface area contributed by atoms with Gasteiger partial charge in [-0.1, -0.05) is 30.3 Å². The fraction of sp³-hybridized carbons (Fsp3) is 0.0556. The Morgan fingerprint density at radius 3 is 1.64 bits per heavy atom. The fourth-order valence-electron chi connectivity index (χ4n) is 2.42. The van der Waals surface area contributed by atoms with Crippen LogP contribution in [0.1, 0.15) is 16.8 Å². The third kappa shape index (κ3) is 2.49. The van der Waals surface area contributed by atoms with Crippen molar-refractivity contribution in [3.63, 3.8) is 0 Å². The highest BCUT2D eigenvalue weighted by atomic mass is 19.1. The molecule has 2 aromatic carbocycles. The minimum absolute atomic E-state index is 0.383. The second-order valence-corrected chi connectivity index (χ2v) is 4.94. The van der Waals surface area contributed by atoms with Gasteiger partial charge in [-0.2, -0.15) is 0 Å². The lowest BCUT2D eigenvalue weighted by molar-refractivity contribution is 0.120. The van der Waals surface area contributed by atoms with Crippen LogP contribution in [-0.2, 0) is 5.60 Å². The summed E-state index contributed by atoms with van der Waals surface area (Å²) in [7, 11) is 0. The SMILES string of the molecule is OC(c1ccc(F)cc1)(c1ccc(F)cc1)c1ccccn1. The molecule has 0 spiro atoms. The van der Waals surface area contributed by atoms with Gasteiger partial charge in [0.1, 0.15) is 11.6 Å². The van der Waals surface area contributed by atoms with Crippen molar-refractivity contribution in [3.8, 4) is 0 Å². The number of aliphatic hydroxyl groups is 1. The molecule has 0 saturated carbocycles. The van der Waals surface area contributed by atoms with Crippen molar-refractivity contribution in [2.45, 2.75) is 5.60 Å². The molecule has 0 atom stereocenters. The summed E-state index contributed by atoms with van der Waals surface area (Å²) in [4.78, 5) is 4.21. The number of aromatic nitrogens is 1. The molecular weight excluding hydrogens is 284 g/mol. The zero-order chi connectivity index (χ0) is 15.6. The van der Waals surface area contributed by atoms with Gasteiger partial charge in [-0.15, -0.1) is 0 Å². The van der Waals surface area contributed by atoms with Crippen LogP contribution in [0.15, 0.2) is 72.9 Å². The first kappa shape index (κ1) is 14.4. The van der Waals surface area contributed by atoms with Crippen LogP contribution in [0.5, 0.6) is 0 Å². The van der Waals surface area contributed by atoms with E-state index < -0.39 is 17.2 Å². The molecule has 2 nitrogen and oxygen atoms in total. The molecule has 0 radical (unpaired) electrons. The molecule has 0 fully saturated rings. The molecule has 1 heterocycles. The topological polar surface area (TPSA) is 33.1 Å². The highest BCUT2D eigenvalue weighted by Crippen LogP contribution is 2.35. The van der Waals surface area contributed by atoms with Gasteiger partial charge in [0, 0.05) is 6.20 Å². The second-order valence-electron chi connectivity index (χ2n) is 4.94. The quantitative estimate of drug-likeness (QED) is 0.800. The first-order valence-electron chi connectivity index (χ1n) is 6.76.